The van der Waals surface area contributed by atoms with E-state index in [0.717, 1.165) is 10.3 Å². The number of amides is 2. The Bertz CT molecular complexity index is 2030. The van der Waals surface area contributed by atoms with Crippen molar-refractivity contribution in [1.29, 1.82) is 5.41 Å². The lowest BCUT2D eigenvalue weighted by Gasteiger charge is -2.37. The maximum absolute atomic E-state index is 14.1. The molecule has 12 nitrogen and oxygen atoms in total. The van der Waals surface area contributed by atoms with Gasteiger partial charge in [0.2, 0.25) is 15.9 Å². The zero-order chi connectivity index (χ0) is 34.3. The topological polar surface area (TPSA) is 154 Å². The van der Waals surface area contributed by atoms with Crippen molar-refractivity contribution in [3.05, 3.63) is 91.8 Å². The molecule has 0 bridgehead atoms. The molecular weight excluding hydrogens is 745 g/mol. The number of rotatable bonds is 8. The molecule has 16 heteroatoms. The van der Waals surface area contributed by atoms with Gasteiger partial charge in [0, 0.05) is 60.6 Å². The molecule has 0 radical (unpaired) electrons. The van der Waals surface area contributed by atoms with Crippen LogP contribution in [0.3, 0.4) is 0 Å². The summed E-state index contributed by atoms with van der Waals surface area (Å²) in [6.45, 7) is 3.04. The van der Waals surface area contributed by atoms with Gasteiger partial charge in [0.05, 0.1) is 10.7 Å². The van der Waals surface area contributed by atoms with Crippen molar-refractivity contribution in [3.8, 4) is 5.75 Å². The number of carbonyl (C=O) groups excluding carboxylic acids is 2. The van der Waals surface area contributed by atoms with Crippen LogP contribution >= 0.6 is 39.1 Å². The van der Waals surface area contributed by atoms with E-state index >= 15 is 0 Å². The Kier molecular flexibility index (Phi) is 9.73. The van der Waals surface area contributed by atoms with Gasteiger partial charge in [-0.15, -0.1) is 0 Å². The van der Waals surface area contributed by atoms with Gasteiger partial charge in [-0.3, -0.25) is 19.4 Å². The number of halogens is 3. The molecule has 2 aliphatic heterocycles. The zero-order valence-corrected chi connectivity index (χ0v) is 29.7. The van der Waals surface area contributed by atoms with Gasteiger partial charge >= 0.3 is 0 Å². The number of nitrogen functional groups attached to an aromatic ring is 1. The second kappa shape index (κ2) is 13.7. The number of hydrogen-bond donors (Lipinski definition) is 2. The molecule has 252 valence electrons. The molecule has 2 aliphatic rings. The Morgan fingerprint density at radius 1 is 1.02 bits per heavy atom. The summed E-state index contributed by atoms with van der Waals surface area (Å²) in [7, 11) is -4.20. The number of nitrogens with two attached hydrogens (primary N) is 1. The van der Waals surface area contributed by atoms with Crippen molar-refractivity contribution >= 4 is 72.5 Å². The van der Waals surface area contributed by atoms with Gasteiger partial charge < -0.3 is 20.3 Å². The molecule has 0 saturated carbocycles. The van der Waals surface area contributed by atoms with Crippen LogP contribution in [0.2, 0.25) is 10.0 Å². The summed E-state index contributed by atoms with van der Waals surface area (Å²) in [6.07, 6.45) is 2.71. The fourth-order valence-electron chi connectivity index (χ4n) is 6.01. The van der Waals surface area contributed by atoms with Crippen LogP contribution in [0.4, 0.5) is 0 Å². The van der Waals surface area contributed by atoms with E-state index in [4.69, 9.17) is 39.1 Å². The minimum absolute atomic E-state index is 0.0725. The molecule has 48 heavy (non-hydrogen) atoms. The molecular formula is C32H32BrCl2N7O5S. The largest absolute Gasteiger partial charge is 0.485 e. The number of carbonyl (C=O) groups is 2. The van der Waals surface area contributed by atoms with Gasteiger partial charge in [-0.2, -0.15) is 4.31 Å². The second-order valence-electron chi connectivity index (χ2n) is 11.6. The van der Waals surface area contributed by atoms with Crippen molar-refractivity contribution in [1.82, 2.24) is 23.5 Å². The SMILES string of the molecule is Cc1nc2c(OCc3c(Cl)ccc(S(=O)(=O)N4CCCC4C(=O)N4CCN(C(=O)c5ccc(C(=N)N)cc5)CC4)c3Cl)cccn2c1Br. The predicted molar refractivity (Wildman–Crippen MR) is 185 cm³/mol. The van der Waals surface area contributed by atoms with Crippen LogP contribution in [0.15, 0.2) is 64.2 Å². The number of hydrogen-bond acceptors (Lipinski definition) is 7. The number of benzene rings is 2. The Morgan fingerprint density at radius 2 is 1.69 bits per heavy atom. The van der Waals surface area contributed by atoms with Crippen molar-refractivity contribution < 1.29 is 22.7 Å². The van der Waals surface area contributed by atoms with Crippen LogP contribution < -0.4 is 10.5 Å². The molecule has 0 aliphatic carbocycles. The fraction of sp³-hybridized carbons (Fsp3) is 0.312. The first-order valence-corrected chi connectivity index (χ1v) is 18.1. The third-order valence-electron chi connectivity index (χ3n) is 8.63. The van der Waals surface area contributed by atoms with Crippen LogP contribution in [-0.2, 0) is 21.4 Å². The van der Waals surface area contributed by atoms with E-state index in [9.17, 15) is 18.0 Å². The third kappa shape index (κ3) is 6.39. The van der Waals surface area contributed by atoms with Crippen molar-refractivity contribution in [2.45, 2.75) is 37.3 Å². The van der Waals surface area contributed by atoms with Gasteiger partial charge in [0.25, 0.3) is 5.91 Å². The highest BCUT2D eigenvalue weighted by Gasteiger charge is 2.43. The molecule has 2 aromatic heterocycles. The van der Waals surface area contributed by atoms with Crippen LogP contribution in [0, 0.1) is 12.3 Å². The van der Waals surface area contributed by atoms with Crippen LogP contribution in [-0.4, -0.2) is 88.3 Å². The molecule has 2 aromatic carbocycles. The lowest BCUT2D eigenvalue weighted by atomic mass is 10.1. The normalized spacial score (nSPS) is 17.2. The average Bonchev–Trinajstić information content (AvgIpc) is 3.69. The average molecular weight is 778 g/mol. The maximum Gasteiger partial charge on any atom is 0.253 e. The van der Waals surface area contributed by atoms with Gasteiger partial charge in [-0.1, -0.05) is 35.3 Å². The Hall–Kier alpha value is -3.69. The lowest BCUT2D eigenvalue weighted by molar-refractivity contribution is -0.136. The molecule has 4 heterocycles. The van der Waals surface area contributed by atoms with Gasteiger partial charge in [-0.05, 0) is 72.1 Å². The van der Waals surface area contributed by atoms with E-state index in [-0.39, 0.29) is 58.8 Å². The van der Waals surface area contributed by atoms with Crippen LogP contribution in [0.5, 0.6) is 5.75 Å². The monoisotopic (exact) mass is 775 g/mol. The number of amidine groups is 1. The molecule has 2 fully saturated rings. The Balaban J connectivity index is 1.15. The molecule has 6 rings (SSSR count). The maximum atomic E-state index is 14.1. The molecule has 1 unspecified atom stereocenters. The first kappa shape index (κ1) is 34.2. The number of aryl methyl sites for hydroxylation is 1. The summed E-state index contributed by atoms with van der Waals surface area (Å²) in [4.78, 5) is 34.4. The van der Waals surface area contributed by atoms with E-state index in [1.165, 1.54) is 16.4 Å². The Labute approximate surface area is 296 Å². The third-order valence-corrected chi connectivity index (χ3v) is 12.4. The van der Waals surface area contributed by atoms with Gasteiger partial charge in [0.15, 0.2) is 11.4 Å². The summed E-state index contributed by atoms with van der Waals surface area (Å²) in [5, 5.41) is 7.70. The van der Waals surface area contributed by atoms with E-state index in [1.54, 1.807) is 46.2 Å². The lowest BCUT2D eigenvalue weighted by Crippen LogP contribution is -2.55. The number of pyridine rings is 1. The smallest absolute Gasteiger partial charge is 0.253 e. The number of imidazole rings is 1. The molecule has 0 spiro atoms. The van der Waals surface area contributed by atoms with Crippen LogP contribution in [0.1, 0.15) is 40.0 Å². The minimum Gasteiger partial charge on any atom is -0.485 e. The number of fused-ring (bicyclic) bond motifs is 1. The van der Waals surface area contributed by atoms with Crippen LogP contribution in [0.25, 0.3) is 5.65 Å². The van der Waals surface area contributed by atoms with E-state index in [1.807, 2.05) is 17.5 Å². The van der Waals surface area contributed by atoms with E-state index in [0.29, 0.717) is 54.0 Å². The summed E-state index contributed by atoms with van der Waals surface area (Å²) < 4.78 is 38.0. The molecule has 4 aromatic rings. The highest BCUT2D eigenvalue weighted by atomic mass is 79.9. The quantitative estimate of drug-likeness (QED) is 0.194. The number of piperazine rings is 1. The van der Waals surface area contributed by atoms with Crippen molar-refractivity contribution in [2.75, 3.05) is 32.7 Å². The number of sulfonamides is 1. The highest BCUT2D eigenvalue weighted by molar-refractivity contribution is 9.10. The van der Waals surface area contributed by atoms with Crippen molar-refractivity contribution in [3.63, 3.8) is 0 Å². The number of ether oxygens (including phenoxy) is 1. The standard InChI is InChI=1S/C32H32BrCl2N7O5S/c1-19-28(33)41-12-3-5-25(30(41)38-19)47-18-22-23(34)10-11-26(27(22)35)48(45,46)42-13-2-4-24(42)32(44)40-16-14-39(15-17-40)31(43)21-8-6-20(7-9-21)29(36)37/h3,5-12,24H,2,4,13-18H2,1H3,(H3,36,37). The second-order valence-corrected chi connectivity index (χ2v) is 15.0. The highest BCUT2D eigenvalue weighted by Crippen LogP contribution is 2.37. The van der Waals surface area contributed by atoms with E-state index in [2.05, 4.69) is 20.9 Å². The minimum atomic E-state index is -4.20. The first-order chi connectivity index (χ1) is 22.9. The van der Waals surface area contributed by atoms with Gasteiger partial charge in [0.1, 0.15) is 28.0 Å². The molecule has 2 saturated heterocycles. The number of nitrogens with one attached hydrogen (secondary N) is 1. The fourth-order valence-corrected chi connectivity index (χ4v) is 8.90. The summed E-state index contributed by atoms with van der Waals surface area (Å²) >= 11 is 16.7. The molecule has 2 amide bonds. The summed E-state index contributed by atoms with van der Waals surface area (Å²) in [5.74, 6) is -0.120. The van der Waals surface area contributed by atoms with Crippen molar-refractivity contribution in [2.24, 2.45) is 5.73 Å². The zero-order valence-electron chi connectivity index (χ0n) is 25.8. The number of nitrogens with zero attached hydrogens (tertiary/aromatic N) is 5. The summed E-state index contributed by atoms with van der Waals surface area (Å²) in [5.41, 5.74) is 8.13. The van der Waals surface area contributed by atoms with E-state index < -0.39 is 16.1 Å². The summed E-state index contributed by atoms with van der Waals surface area (Å²) in [6, 6.07) is 12.0. The molecule has 3 N–H and O–H groups in total. The van der Waals surface area contributed by atoms with Gasteiger partial charge in [-0.25, -0.2) is 13.4 Å². The predicted octanol–water partition coefficient (Wildman–Crippen LogP) is 4.71. The number of aromatic nitrogens is 2. The Morgan fingerprint density at radius 3 is 2.38 bits per heavy atom. The first-order valence-electron chi connectivity index (χ1n) is 15.2. The molecule has 1 atom stereocenters.